The van der Waals surface area contributed by atoms with Crippen molar-refractivity contribution in [3.8, 4) is 0 Å². The molecular formula is C13H17Cl2N3O2. The normalized spacial score (nSPS) is 13.9. The molecule has 1 saturated heterocycles. The second-order valence-corrected chi connectivity index (χ2v) is 5.04. The summed E-state index contributed by atoms with van der Waals surface area (Å²) in [6, 6.07) is 6.90. The Morgan fingerprint density at radius 2 is 2.15 bits per heavy atom. The van der Waals surface area contributed by atoms with Gasteiger partial charge in [0, 0.05) is 30.8 Å². The molecule has 0 bridgehead atoms. The average molecular weight is 318 g/mol. The van der Waals surface area contributed by atoms with Crippen LogP contribution in [0, 0.1) is 5.92 Å². The SMILES string of the molecule is CN(CC(=O)Nc1cccc(Cl)c1)C(=O)C1CNC1.Cl. The third-order valence-corrected chi connectivity index (χ3v) is 3.23. The zero-order valence-corrected chi connectivity index (χ0v) is 12.6. The van der Waals surface area contributed by atoms with Crippen LogP contribution in [-0.2, 0) is 9.59 Å². The Morgan fingerprint density at radius 3 is 2.70 bits per heavy atom. The lowest BCUT2D eigenvalue weighted by Gasteiger charge is -2.29. The quantitative estimate of drug-likeness (QED) is 0.882. The second kappa shape index (κ2) is 7.47. The summed E-state index contributed by atoms with van der Waals surface area (Å²) in [4.78, 5) is 25.1. The van der Waals surface area contributed by atoms with Crippen LogP contribution in [-0.4, -0.2) is 43.4 Å². The molecule has 1 aliphatic heterocycles. The Morgan fingerprint density at radius 1 is 1.45 bits per heavy atom. The number of rotatable bonds is 4. The van der Waals surface area contributed by atoms with Gasteiger partial charge in [-0.05, 0) is 18.2 Å². The number of benzene rings is 1. The van der Waals surface area contributed by atoms with Crippen LogP contribution >= 0.6 is 24.0 Å². The third kappa shape index (κ3) is 4.37. The maximum atomic E-state index is 11.9. The molecule has 0 spiro atoms. The number of nitrogens with one attached hydrogen (secondary N) is 2. The fourth-order valence-corrected chi connectivity index (χ4v) is 2.03. The largest absolute Gasteiger partial charge is 0.336 e. The molecule has 1 aliphatic rings. The number of hydrogen-bond acceptors (Lipinski definition) is 3. The highest BCUT2D eigenvalue weighted by atomic mass is 35.5. The minimum absolute atomic E-state index is 0. The van der Waals surface area contributed by atoms with E-state index >= 15 is 0 Å². The molecule has 1 fully saturated rings. The van der Waals surface area contributed by atoms with Crippen LogP contribution in [0.15, 0.2) is 24.3 Å². The van der Waals surface area contributed by atoms with Crippen molar-refractivity contribution in [2.45, 2.75) is 0 Å². The number of amides is 2. The molecule has 2 N–H and O–H groups in total. The van der Waals surface area contributed by atoms with E-state index in [9.17, 15) is 9.59 Å². The first-order valence-electron chi connectivity index (χ1n) is 6.07. The van der Waals surface area contributed by atoms with E-state index in [-0.39, 0.29) is 36.7 Å². The molecule has 5 nitrogen and oxygen atoms in total. The van der Waals surface area contributed by atoms with Crippen LogP contribution in [0.1, 0.15) is 0 Å². The lowest BCUT2D eigenvalue weighted by Crippen LogP contribution is -2.52. The molecule has 1 aromatic rings. The topological polar surface area (TPSA) is 61.4 Å². The van der Waals surface area contributed by atoms with Crippen molar-refractivity contribution in [1.29, 1.82) is 0 Å². The molecule has 0 atom stereocenters. The summed E-state index contributed by atoms with van der Waals surface area (Å²) in [6.45, 7) is 1.43. The molecule has 0 unspecified atom stereocenters. The number of nitrogens with zero attached hydrogens (tertiary/aromatic N) is 1. The smallest absolute Gasteiger partial charge is 0.243 e. The summed E-state index contributed by atoms with van der Waals surface area (Å²) in [5.74, 6) is -0.227. The van der Waals surface area contributed by atoms with E-state index < -0.39 is 0 Å². The van der Waals surface area contributed by atoms with Crippen molar-refractivity contribution in [1.82, 2.24) is 10.2 Å². The lowest BCUT2D eigenvalue weighted by atomic mass is 10.0. The summed E-state index contributed by atoms with van der Waals surface area (Å²) >= 11 is 5.83. The first kappa shape index (κ1) is 16.8. The molecule has 0 aromatic heterocycles. The molecule has 20 heavy (non-hydrogen) atoms. The van der Waals surface area contributed by atoms with Crippen molar-refractivity contribution < 1.29 is 9.59 Å². The minimum Gasteiger partial charge on any atom is -0.336 e. The van der Waals surface area contributed by atoms with E-state index in [0.717, 1.165) is 0 Å². The van der Waals surface area contributed by atoms with Gasteiger partial charge in [-0.2, -0.15) is 0 Å². The Balaban J connectivity index is 0.00000200. The number of carbonyl (C=O) groups excluding carboxylic acids is 2. The molecule has 1 heterocycles. The van der Waals surface area contributed by atoms with Crippen LogP contribution in [0.25, 0.3) is 0 Å². The van der Waals surface area contributed by atoms with Gasteiger partial charge >= 0.3 is 0 Å². The number of halogens is 2. The van der Waals surface area contributed by atoms with Crippen LogP contribution in [0.3, 0.4) is 0 Å². The molecule has 2 amide bonds. The maximum Gasteiger partial charge on any atom is 0.243 e. The molecule has 0 aliphatic carbocycles. The number of anilines is 1. The number of hydrogen-bond donors (Lipinski definition) is 2. The molecule has 1 aromatic carbocycles. The van der Waals surface area contributed by atoms with Gasteiger partial charge in [0.25, 0.3) is 0 Å². The van der Waals surface area contributed by atoms with E-state index in [4.69, 9.17) is 11.6 Å². The van der Waals surface area contributed by atoms with Gasteiger partial charge in [0.1, 0.15) is 0 Å². The first-order valence-corrected chi connectivity index (χ1v) is 6.45. The molecular weight excluding hydrogens is 301 g/mol. The van der Waals surface area contributed by atoms with Gasteiger partial charge in [0.2, 0.25) is 11.8 Å². The van der Waals surface area contributed by atoms with E-state index in [1.165, 1.54) is 4.90 Å². The highest BCUT2D eigenvalue weighted by Gasteiger charge is 2.28. The summed E-state index contributed by atoms with van der Waals surface area (Å²) < 4.78 is 0. The molecule has 2 rings (SSSR count). The Hall–Kier alpha value is -1.30. The van der Waals surface area contributed by atoms with Gasteiger partial charge in [-0.25, -0.2) is 0 Å². The number of likely N-dealkylation sites (N-methyl/N-ethyl adjacent to an activating group) is 1. The predicted molar refractivity (Wildman–Crippen MR) is 81.3 cm³/mol. The van der Waals surface area contributed by atoms with Crippen LogP contribution in [0.2, 0.25) is 5.02 Å². The Bertz CT molecular complexity index is 492. The zero-order chi connectivity index (χ0) is 13.8. The van der Waals surface area contributed by atoms with E-state index in [1.807, 2.05) is 0 Å². The monoisotopic (exact) mass is 317 g/mol. The van der Waals surface area contributed by atoms with E-state index in [0.29, 0.717) is 23.8 Å². The third-order valence-electron chi connectivity index (χ3n) is 3.00. The van der Waals surface area contributed by atoms with Gasteiger partial charge in [0.05, 0.1) is 12.5 Å². The van der Waals surface area contributed by atoms with E-state index in [1.54, 1.807) is 31.3 Å². The van der Waals surface area contributed by atoms with Crippen LogP contribution in [0.4, 0.5) is 5.69 Å². The van der Waals surface area contributed by atoms with Gasteiger partial charge < -0.3 is 15.5 Å². The summed E-state index contributed by atoms with van der Waals surface area (Å²) in [5, 5.41) is 6.30. The lowest BCUT2D eigenvalue weighted by molar-refractivity contribution is -0.138. The first-order chi connectivity index (χ1) is 9.06. The maximum absolute atomic E-state index is 11.9. The van der Waals surface area contributed by atoms with Crippen molar-refractivity contribution >= 4 is 41.5 Å². The van der Waals surface area contributed by atoms with Crippen molar-refractivity contribution in [3.63, 3.8) is 0 Å². The number of carbonyl (C=O) groups is 2. The molecule has 0 radical (unpaired) electrons. The van der Waals surface area contributed by atoms with Gasteiger partial charge in [0.15, 0.2) is 0 Å². The summed E-state index contributed by atoms with van der Waals surface area (Å²) in [6.07, 6.45) is 0. The highest BCUT2D eigenvalue weighted by Crippen LogP contribution is 2.15. The van der Waals surface area contributed by atoms with Crippen LogP contribution in [0.5, 0.6) is 0 Å². The van der Waals surface area contributed by atoms with Crippen molar-refractivity contribution in [2.75, 3.05) is 32.0 Å². The standard InChI is InChI=1S/C13H16ClN3O2.ClH/c1-17(13(19)9-6-15-7-9)8-12(18)16-11-4-2-3-10(14)5-11;/h2-5,9,15H,6-8H2,1H3,(H,16,18);1H. The zero-order valence-electron chi connectivity index (χ0n) is 11.1. The van der Waals surface area contributed by atoms with Gasteiger partial charge in [-0.15, -0.1) is 12.4 Å². The highest BCUT2D eigenvalue weighted by molar-refractivity contribution is 6.30. The fourth-order valence-electron chi connectivity index (χ4n) is 1.84. The predicted octanol–water partition coefficient (Wildman–Crippen LogP) is 1.38. The van der Waals surface area contributed by atoms with Crippen LogP contribution < -0.4 is 10.6 Å². The van der Waals surface area contributed by atoms with Gasteiger partial charge in [-0.1, -0.05) is 17.7 Å². The Labute approximate surface area is 129 Å². The van der Waals surface area contributed by atoms with Crippen molar-refractivity contribution in [2.24, 2.45) is 5.92 Å². The molecule has 0 saturated carbocycles. The van der Waals surface area contributed by atoms with Crippen molar-refractivity contribution in [3.05, 3.63) is 29.3 Å². The summed E-state index contributed by atoms with van der Waals surface area (Å²) in [5.41, 5.74) is 0.628. The second-order valence-electron chi connectivity index (χ2n) is 4.61. The summed E-state index contributed by atoms with van der Waals surface area (Å²) in [7, 11) is 1.64. The van der Waals surface area contributed by atoms with Gasteiger partial charge in [-0.3, -0.25) is 9.59 Å². The minimum atomic E-state index is -0.231. The average Bonchev–Trinajstić information content (AvgIpc) is 2.26. The van der Waals surface area contributed by atoms with E-state index in [2.05, 4.69) is 10.6 Å². The fraction of sp³-hybridized carbons (Fsp3) is 0.385. The molecule has 110 valence electrons. The Kier molecular flexibility index (Phi) is 6.26. The molecule has 7 heteroatoms.